The fourth-order valence-corrected chi connectivity index (χ4v) is 2.25. The first kappa shape index (κ1) is 12.9. The zero-order chi connectivity index (χ0) is 13.1. The van der Waals surface area contributed by atoms with Crippen LogP contribution in [0.3, 0.4) is 0 Å². The van der Waals surface area contributed by atoms with E-state index in [1.54, 1.807) is 0 Å². The van der Waals surface area contributed by atoms with Crippen molar-refractivity contribution >= 4 is 11.6 Å². The molecule has 1 unspecified atom stereocenters. The van der Waals surface area contributed by atoms with Gasteiger partial charge in [0.15, 0.2) is 6.61 Å². The molecule has 4 nitrogen and oxygen atoms in total. The van der Waals surface area contributed by atoms with Crippen LogP contribution in [0.25, 0.3) is 0 Å². The second-order valence-corrected chi connectivity index (χ2v) is 4.87. The molecule has 1 aliphatic rings. The van der Waals surface area contributed by atoms with Crippen LogP contribution in [-0.2, 0) is 4.79 Å². The van der Waals surface area contributed by atoms with Crippen LogP contribution >= 0.6 is 0 Å². The Morgan fingerprint density at radius 3 is 2.89 bits per heavy atom. The van der Waals surface area contributed by atoms with Gasteiger partial charge in [-0.05, 0) is 30.2 Å². The Labute approximate surface area is 108 Å². The molecule has 1 aromatic carbocycles. The molecule has 0 spiro atoms. The molecule has 98 valence electrons. The topological polar surface area (TPSA) is 50.4 Å². The minimum absolute atomic E-state index is 0.0933. The van der Waals surface area contributed by atoms with E-state index in [9.17, 15) is 4.79 Å². The number of carbonyl (C=O) groups is 1. The molecule has 1 aromatic rings. The van der Waals surface area contributed by atoms with Crippen molar-refractivity contribution in [3.63, 3.8) is 0 Å². The summed E-state index contributed by atoms with van der Waals surface area (Å²) in [6, 6.07) is 6.28. The molecule has 0 fully saturated rings. The summed E-state index contributed by atoms with van der Waals surface area (Å²) in [4.78, 5) is 11.3. The number of carbonyl (C=O) groups excluding carboxylic acids is 1. The summed E-state index contributed by atoms with van der Waals surface area (Å²) in [6.07, 6.45) is 0. The summed E-state index contributed by atoms with van der Waals surface area (Å²) in [6.45, 7) is 7.48. The van der Waals surface area contributed by atoms with Crippen molar-refractivity contribution in [3.05, 3.63) is 23.8 Å². The Morgan fingerprint density at radius 2 is 2.22 bits per heavy atom. The van der Waals surface area contributed by atoms with E-state index >= 15 is 0 Å². The third-order valence-electron chi connectivity index (χ3n) is 3.09. The molecule has 0 saturated carbocycles. The van der Waals surface area contributed by atoms with Gasteiger partial charge in [-0.25, -0.2) is 0 Å². The van der Waals surface area contributed by atoms with Crippen LogP contribution in [0.4, 0.5) is 5.69 Å². The van der Waals surface area contributed by atoms with E-state index in [2.05, 4.69) is 37.5 Å². The van der Waals surface area contributed by atoms with E-state index in [4.69, 9.17) is 4.74 Å². The first-order valence-corrected chi connectivity index (χ1v) is 6.41. The van der Waals surface area contributed by atoms with E-state index in [1.165, 1.54) is 5.56 Å². The van der Waals surface area contributed by atoms with Crippen LogP contribution in [0, 0.1) is 5.92 Å². The highest BCUT2D eigenvalue weighted by Gasteiger charge is 2.20. The standard InChI is InChI=1S/C14H20N2O2/c1-4-15-14(9(2)3)10-5-6-12-11(7-10)16-13(17)8-18-12/h5-7,9,14-15H,4,8H2,1-3H3,(H,16,17). The highest BCUT2D eigenvalue weighted by atomic mass is 16.5. The number of ether oxygens (including phenoxy) is 1. The predicted octanol–water partition coefficient (Wildman–Crippen LogP) is 2.32. The Balaban J connectivity index is 2.28. The molecule has 1 aliphatic heterocycles. The summed E-state index contributed by atoms with van der Waals surface area (Å²) in [5, 5.41) is 6.31. The van der Waals surface area contributed by atoms with Gasteiger partial charge in [0.1, 0.15) is 5.75 Å². The Hall–Kier alpha value is -1.55. The minimum Gasteiger partial charge on any atom is -0.482 e. The first-order chi connectivity index (χ1) is 8.61. The van der Waals surface area contributed by atoms with Crippen molar-refractivity contribution in [2.24, 2.45) is 5.92 Å². The lowest BCUT2D eigenvalue weighted by molar-refractivity contribution is -0.118. The lowest BCUT2D eigenvalue weighted by Crippen LogP contribution is -2.27. The molecule has 0 saturated heterocycles. The van der Waals surface area contributed by atoms with Gasteiger partial charge in [0.2, 0.25) is 0 Å². The normalized spacial score (nSPS) is 15.9. The quantitative estimate of drug-likeness (QED) is 0.859. The summed E-state index contributed by atoms with van der Waals surface area (Å²) >= 11 is 0. The van der Waals surface area contributed by atoms with E-state index in [0.29, 0.717) is 12.0 Å². The van der Waals surface area contributed by atoms with Crippen molar-refractivity contribution in [1.82, 2.24) is 5.32 Å². The molecular weight excluding hydrogens is 228 g/mol. The number of anilines is 1. The van der Waals surface area contributed by atoms with Gasteiger partial charge >= 0.3 is 0 Å². The zero-order valence-electron chi connectivity index (χ0n) is 11.1. The number of hydrogen-bond donors (Lipinski definition) is 2. The van der Waals surface area contributed by atoms with Gasteiger partial charge < -0.3 is 15.4 Å². The highest BCUT2D eigenvalue weighted by molar-refractivity contribution is 5.95. The maximum Gasteiger partial charge on any atom is 0.262 e. The smallest absolute Gasteiger partial charge is 0.262 e. The first-order valence-electron chi connectivity index (χ1n) is 6.41. The van der Waals surface area contributed by atoms with Crippen molar-refractivity contribution in [3.8, 4) is 5.75 Å². The van der Waals surface area contributed by atoms with Crippen molar-refractivity contribution in [1.29, 1.82) is 0 Å². The average molecular weight is 248 g/mol. The molecule has 4 heteroatoms. The van der Waals surface area contributed by atoms with Crippen LogP contribution in [0.5, 0.6) is 5.75 Å². The van der Waals surface area contributed by atoms with Crippen LogP contribution in [0.15, 0.2) is 18.2 Å². The molecule has 0 radical (unpaired) electrons. The Bertz CT molecular complexity index is 443. The van der Waals surface area contributed by atoms with Gasteiger partial charge in [-0.15, -0.1) is 0 Å². The molecule has 0 bridgehead atoms. The van der Waals surface area contributed by atoms with Crippen molar-refractivity contribution < 1.29 is 9.53 Å². The van der Waals surface area contributed by atoms with Crippen molar-refractivity contribution in [2.45, 2.75) is 26.8 Å². The summed E-state index contributed by atoms with van der Waals surface area (Å²) < 4.78 is 5.36. The third kappa shape index (κ3) is 2.64. The number of amides is 1. The molecule has 0 aliphatic carbocycles. The van der Waals surface area contributed by atoms with Crippen LogP contribution in [-0.4, -0.2) is 19.1 Å². The molecule has 1 atom stereocenters. The van der Waals surface area contributed by atoms with Gasteiger partial charge in [0.25, 0.3) is 5.91 Å². The monoisotopic (exact) mass is 248 g/mol. The van der Waals surface area contributed by atoms with Gasteiger partial charge in [-0.1, -0.05) is 26.8 Å². The lowest BCUT2D eigenvalue weighted by atomic mass is 9.95. The van der Waals surface area contributed by atoms with Crippen LogP contribution in [0.2, 0.25) is 0 Å². The molecule has 18 heavy (non-hydrogen) atoms. The Morgan fingerprint density at radius 1 is 1.44 bits per heavy atom. The van der Waals surface area contributed by atoms with Crippen molar-refractivity contribution in [2.75, 3.05) is 18.5 Å². The fraction of sp³-hybridized carbons (Fsp3) is 0.500. The van der Waals surface area contributed by atoms with Gasteiger partial charge in [0, 0.05) is 6.04 Å². The second kappa shape index (κ2) is 5.40. The third-order valence-corrected chi connectivity index (χ3v) is 3.09. The van der Waals surface area contributed by atoms with Crippen LogP contribution < -0.4 is 15.4 Å². The molecular formula is C14H20N2O2. The van der Waals surface area contributed by atoms with E-state index in [1.807, 2.05) is 12.1 Å². The average Bonchev–Trinajstić information content (AvgIpc) is 2.34. The number of hydrogen-bond acceptors (Lipinski definition) is 3. The summed E-state index contributed by atoms with van der Waals surface area (Å²) in [5.41, 5.74) is 1.95. The summed E-state index contributed by atoms with van der Waals surface area (Å²) in [7, 11) is 0. The number of benzene rings is 1. The van der Waals surface area contributed by atoms with Gasteiger partial charge in [-0.2, -0.15) is 0 Å². The largest absolute Gasteiger partial charge is 0.482 e. The minimum atomic E-state index is -0.0933. The molecule has 0 aromatic heterocycles. The van der Waals surface area contributed by atoms with Crippen LogP contribution in [0.1, 0.15) is 32.4 Å². The molecule has 1 heterocycles. The molecule has 1 amide bonds. The SMILES string of the molecule is CCNC(c1ccc2c(c1)NC(=O)CO2)C(C)C. The van der Waals surface area contributed by atoms with Gasteiger partial charge in [-0.3, -0.25) is 4.79 Å². The number of rotatable bonds is 4. The molecule has 2 N–H and O–H groups in total. The summed E-state index contributed by atoms with van der Waals surface area (Å²) in [5.74, 6) is 1.14. The van der Waals surface area contributed by atoms with E-state index in [0.717, 1.165) is 18.0 Å². The number of nitrogens with one attached hydrogen (secondary N) is 2. The van der Waals surface area contributed by atoms with Gasteiger partial charge in [0.05, 0.1) is 5.69 Å². The highest BCUT2D eigenvalue weighted by Crippen LogP contribution is 2.32. The fourth-order valence-electron chi connectivity index (χ4n) is 2.25. The number of fused-ring (bicyclic) bond motifs is 1. The Kier molecular flexibility index (Phi) is 3.87. The maximum atomic E-state index is 11.3. The lowest BCUT2D eigenvalue weighted by Gasteiger charge is -2.25. The second-order valence-electron chi connectivity index (χ2n) is 4.87. The predicted molar refractivity (Wildman–Crippen MR) is 71.8 cm³/mol. The zero-order valence-corrected chi connectivity index (χ0v) is 11.1. The van der Waals surface area contributed by atoms with E-state index < -0.39 is 0 Å². The van der Waals surface area contributed by atoms with E-state index in [-0.39, 0.29) is 12.5 Å². The maximum absolute atomic E-state index is 11.3. The molecule has 2 rings (SSSR count).